The Morgan fingerprint density at radius 2 is 1.39 bits per heavy atom. The molecule has 0 bridgehead atoms. The summed E-state index contributed by atoms with van der Waals surface area (Å²) in [4.78, 5) is 14.8. The molecule has 0 unspecified atom stereocenters. The first-order chi connectivity index (χ1) is 17.3. The molecule has 1 aliphatic carbocycles. The van der Waals surface area contributed by atoms with Crippen LogP contribution < -0.4 is 4.90 Å². The van der Waals surface area contributed by atoms with E-state index in [4.69, 9.17) is 20.5 Å². The number of amides is 1. The molecule has 1 saturated carbocycles. The standard InChI is InChI=1S/C28H30ClNO5S/c1-21-7-17-27(18-8-21)36(32,33)35-20-23-11-9-22(10-12-23)19-34-28(31)30(25-5-3-2-4-6-25)26-15-13-24(29)14-16-26/h2-8,13-18,22-23H,9-12,19-20H2,1H3. The number of hydrogen-bond acceptors (Lipinski definition) is 5. The van der Waals surface area contributed by atoms with Crippen LogP contribution >= 0.6 is 11.6 Å². The fraction of sp³-hybridized carbons (Fsp3) is 0.321. The van der Waals surface area contributed by atoms with Crippen LogP contribution in [0.5, 0.6) is 0 Å². The van der Waals surface area contributed by atoms with Gasteiger partial charge < -0.3 is 4.74 Å². The van der Waals surface area contributed by atoms with Crippen LogP contribution in [0.4, 0.5) is 16.2 Å². The van der Waals surface area contributed by atoms with Crippen LogP contribution in [0.1, 0.15) is 31.2 Å². The number of hydrogen-bond donors (Lipinski definition) is 0. The summed E-state index contributed by atoms with van der Waals surface area (Å²) in [6.07, 6.45) is 2.89. The number of benzene rings is 3. The van der Waals surface area contributed by atoms with Crippen molar-refractivity contribution in [1.29, 1.82) is 0 Å². The number of anilines is 2. The van der Waals surface area contributed by atoms with E-state index in [9.17, 15) is 13.2 Å². The molecule has 3 aromatic carbocycles. The molecule has 0 heterocycles. The number of carbonyl (C=O) groups excluding carboxylic acids is 1. The van der Waals surface area contributed by atoms with Crippen molar-refractivity contribution in [2.75, 3.05) is 18.1 Å². The third-order valence-corrected chi connectivity index (χ3v) is 8.01. The SMILES string of the molecule is Cc1ccc(S(=O)(=O)OCC2CCC(COC(=O)N(c3ccccc3)c3ccc(Cl)cc3)CC2)cc1. The number of nitrogens with zero attached hydrogens (tertiary/aromatic N) is 1. The molecule has 0 saturated heterocycles. The van der Waals surface area contributed by atoms with Gasteiger partial charge in [-0.05, 0) is 93.0 Å². The van der Waals surface area contributed by atoms with E-state index in [1.807, 2.05) is 37.3 Å². The Morgan fingerprint density at radius 1 is 0.833 bits per heavy atom. The van der Waals surface area contributed by atoms with Crippen molar-refractivity contribution >= 4 is 39.2 Å². The lowest BCUT2D eigenvalue weighted by Crippen LogP contribution is -2.30. The third-order valence-electron chi connectivity index (χ3n) is 6.46. The van der Waals surface area contributed by atoms with E-state index in [2.05, 4.69) is 0 Å². The van der Waals surface area contributed by atoms with Crippen molar-refractivity contribution in [2.45, 2.75) is 37.5 Å². The van der Waals surface area contributed by atoms with E-state index in [1.165, 1.54) is 4.90 Å². The molecule has 3 aromatic rings. The second-order valence-corrected chi connectivity index (χ2v) is 11.2. The molecule has 1 amide bonds. The normalized spacial score (nSPS) is 17.9. The molecule has 36 heavy (non-hydrogen) atoms. The smallest absolute Gasteiger partial charge is 0.418 e. The molecule has 0 atom stereocenters. The second-order valence-electron chi connectivity index (χ2n) is 9.16. The highest BCUT2D eigenvalue weighted by atomic mass is 35.5. The lowest BCUT2D eigenvalue weighted by atomic mass is 9.83. The summed E-state index contributed by atoms with van der Waals surface area (Å²) >= 11 is 6.02. The number of halogens is 1. The highest BCUT2D eigenvalue weighted by Crippen LogP contribution is 2.31. The van der Waals surface area contributed by atoms with E-state index < -0.39 is 16.2 Å². The van der Waals surface area contributed by atoms with E-state index in [1.54, 1.807) is 48.5 Å². The lowest BCUT2D eigenvalue weighted by Gasteiger charge is -2.29. The van der Waals surface area contributed by atoms with Crippen LogP contribution in [0.3, 0.4) is 0 Å². The van der Waals surface area contributed by atoms with Crippen molar-refractivity contribution in [3.8, 4) is 0 Å². The first-order valence-electron chi connectivity index (χ1n) is 12.1. The summed E-state index contributed by atoms with van der Waals surface area (Å²) in [6.45, 7) is 2.38. The van der Waals surface area contributed by atoms with Gasteiger partial charge >= 0.3 is 6.09 Å². The molecule has 190 valence electrons. The topological polar surface area (TPSA) is 72.9 Å². The van der Waals surface area contributed by atoms with Gasteiger partial charge in [-0.3, -0.25) is 4.18 Å². The Balaban J connectivity index is 1.28. The monoisotopic (exact) mass is 527 g/mol. The van der Waals surface area contributed by atoms with Crippen LogP contribution in [0.25, 0.3) is 0 Å². The molecule has 1 fully saturated rings. The fourth-order valence-electron chi connectivity index (χ4n) is 4.30. The number of rotatable bonds is 8. The molecule has 0 N–H and O–H groups in total. The minimum atomic E-state index is -3.76. The minimum Gasteiger partial charge on any atom is -0.449 e. The number of aryl methyl sites for hydroxylation is 1. The predicted octanol–water partition coefficient (Wildman–Crippen LogP) is 7.14. The summed E-state index contributed by atoms with van der Waals surface area (Å²) in [6, 6.07) is 23.0. The maximum atomic E-state index is 13.1. The van der Waals surface area contributed by atoms with Crippen molar-refractivity contribution in [1.82, 2.24) is 0 Å². The summed E-state index contributed by atoms with van der Waals surface area (Å²) in [5.74, 6) is 0.383. The van der Waals surface area contributed by atoms with Gasteiger partial charge in [-0.1, -0.05) is 47.5 Å². The molecule has 1 aliphatic rings. The van der Waals surface area contributed by atoms with Gasteiger partial charge in [0.1, 0.15) is 0 Å². The van der Waals surface area contributed by atoms with Crippen molar-refractivity contribution in [3.05, 3.63) is 89.4 Å². The van der Waals surface area contributed by atoms with Gasteiger partial charge in [0.25, 0.3) is 10.1 Å². The van der Waals surface area contributed by atoms with E-state index >= 15 is 0 Å². The van der Waals surface area contributed by atoms with Gasteiger partial charge in [-0.15, -0.1) is 0 Å². The zero-order chi connectivity index (χ0) is 25.5. The molecule has 0 radical (unpaired) electrons. The molecule has 4 rings (SSSR count). The van der Waals surface area contributed by atoms with Crippen LogP contribution in [0.15, 0.2) is 83.8 Å². The summed E-state index contributed by atoms with van der Waals surface area (Å²) in [5.41, 5.74) is 2.37. The van der Waals surface area contributed by atoms with Gasteiger partial charge in [-0.2, -0.15) is 8.42 Å². The zero-order valence-electron chi connectivity index (χ0n) is 20.2. The Bertz CT molecular complexity index is 1240. The van der Waals surface area contributed by atoms with Crippen molar-refractivity contribution < 1.29 is 22.1 Å². The van der Waals surface area contributed by atoms with E-state index in [0.717, 1.165) is 31.2 Å². The Morgan fingerprint density at radius 3 is 2.00 bits per heavy atom. The van der Waals surface area contributed by atoms with Gasteiger partial charge in [0.2, 0.25) is 0 Å². The molecule has 8 heteroatoms. The molecule has 0 aliphatic heterocycles. The Labute approximate surface area is 217 Å². The van der Waals surface area contributed by atoms with Crippen LogP contribution in [0, 0.1) is 18.8 Å². The summed E-state index contributed by atoms with van der Waals surface area (Å²) < 4.78 is 36.0. The average molecular weight is 528 g/mol. The van der Waals surface area contributed by atoms with Gasteiger partial charge in [0, 0.05) is 5.02 Å². The van der Waals surface area contributed by atoms with Crippen LogP contribution in [0.2, 0.25) is 5.02 Å². The molecular weight excluding hydrogens is 498 g/mol. The average Bonchev–Trinajstić information content (AvgIpc) is 2.89. The fourth-order valence-corrected chi connectivity index (χ4v) is 5.41. The predicted molar refractivity (Wildman–Crippen MR) is 141 cm³/mol. The summed E-state index contributed by atoms with van der Waals surface area (Å²) in [5, 5.41) is 0.590. The Hall–Kier alpha value is -2.87. The maximum absolute atomic E-state index is 13.1. The van der Waals surface area contributed by atoms with Gasteiger partial charge in [-0.25, -0.2) is 9.69 Å². The number of para-hydroxylation sites is 1. The van der Waals surface area contributed by atoms with E-state index in [0.29, 0.717) is 23.0 Å². The molecule has 6 nitrogen and oxygen atoms in total. The molecule has 0 spiro atoms. The first kappa shape index (κ1) is 26.2. The highest BCUT2D eigenvalue weighted by Gasteiger charge is 2.26. The third kappa shape index (κ3) is 6.87. The zero-order valence-corrected chi connectivity index (χ0v) is 21.7. The van der Waals surface area contributed by atoms with Crippen LogP contribution in [-0.4, -0.2) is 27.7 Å². The molecule has 0 aromatic heterocycles. The number of carbonyl (C=O) groups is 1. The van der Waals surface area contributed by atoms with Gasteiger partial charge in [0.05, 0.1) is 29.5 Å². The second kappa shape index (κ2) is 11.9. The maximum Gasteiger partial charge on any atom is 0.418 e. The van der Waals surface area contributed by atoms with Gasteiger partial charge in [0.15, 0.2) is 0 Å². The largest absolute Gasteiger partial charge is 0.449 e. The Kier molecular flexibility index (Phi) is 8.67. The van der Waals surface area contributed by atoms with E-state index in [-0.39, 0.29) is 23.3 Å². The van der Waals surface area contributed by atoms with Crippen LogP contribution in [-0.2, 0) is 19.0 Å². The minimum absolute atomic E-state index is 0.159. The summed E-state index contributed by atoms with van der Waals surface area (Å²) in [7, 11) is -3.76. The lowest BCUT2D eigenvalue weighted by molar-refractivity contribution is 0.108. The van der Waals surface area contributed by atoms with Crippen molar-refractivity contribution in [2.24, 2.45) is 11.8 Å². The number of ether oxygens (including phenoxy) is 1. The first-order valence-corrected chi connectivity index (χ1v) is 13.8. The molecular formula is C28H30ClNO5S. The highest BCUT2D eigenvalue weighted by molar-refractivity contribution is 7.86. The quantitative estimate of drug-likeness (QED) is 0.291. The van der Waals surface area contributed by atoms with Crippen molar-refractivity contribution in [3.63, 3.8) is 0 Å².